The third kappa shape index (κ3) is 3.40. The predicted octanol–water partition coefficient (Wildman–Crippen LogP) is 4.03. The lowest BCUT2D eigenvalue weighted by Crippen LogP contribution is -2.37. The molecule has 0 unspecified atom stereocenters. The quantitative estimate of drug-likeness (QED) is 0.777. The van der Waals surface area contributed by atoms with E-state index < -0.39 is 0 Å². The van der Waals surface area contributed by atoms with Crippen LogP contribution in [-0.4, -0.2) is 28.4 Å². The van der Waals surface area contributed by atoms with Crippen molar-refractivity contribution in [1.29, 1.82) is 0 Å². The minimum absolute atomic E-state index is 0.182. The Labute approximate surface area is 128 Å². The van der Waals surface area contributed by atoms with Gasteiger partial charge in [-0.15, -0.1) is 0 Å². The molecule has 1 heterocycles. The van der Waals surface area contributed by atoms with Crippen LogP contribution in [0.25, 0.3) is 0 Å². The molecule has 0 spiro atoms. The van der Waals surface area contributed by atoms with E-state index in [4.69, 9.17) is 0 Å². The van der Waals surface area contributed by atoms with Crippen molar-refractivity contribution in [2.24, 2.45) is 5.92 Å². The van der Waals surface area contributed by atoms with Crippen LogP contribution in [0.15, 0.2) is 22.9 Å². The molecule has 0 N–H and O–H groups in total. The Morgan fingerprint density at radius 3 is 2.65 bits per heavy atom. The zero-order chi connectivity index (χ0) is 13.9. The molecule has 0 radical (unpaired) electrons. The fraction of sp³-hybridized carbons (Fsp3) is 0.625. The number of carbonyl (C=O) groups is 1. The molecule has 20 heavy (non-hydrogen) atoms. The monoisotopic (exact) mass is 336 g/mol. The van der Waals surface area contributed by atoms with Crippen molar-refractivity contribution in [1.82, 2.24) is 9.88 Å². The van der Waals surface area contributed by atoms with Crippen LogP contribution in [0.4, 0.5) is 0 Å². The van der Waals surface area contributed by atoms with Gasteiger partial charge >= 0.3 is 0 Å². The lowest BCUT2D eigenvalue weighted by atomic mass is 9.89. The van der Waals surface area contributed by atoms with Crippen molar-refractivity contribution in [2.75, 3.05) is 6.54 Å². The summed E-state index contributed by atoms with van der Waals surface area (Å²) >= 11 is 3.35. The van der Waals surface area contributed by atoms with Crippen LogP contribution in [0.3, 0.4) is 0 Å². The summed E-state index contributed by atoms with van der Waals surface area (Å²) in [5.41, 5.74) is 0.759. The summed E-state index contributed by atoms with van der Waals surface area (Å²) in [6.07, 6.45) is 10.6. The number of aromatic nitrogens is 1. The highest BCUT2D eigenvalue weighted by Crippen LogP contribution is 2.32. The molecular formula is C16H21BrN2O. The van der Waals surface area contributed by atoms with Gasteiger partial charge in [0.15, 0.2) is 0 Å². The molecular weight excluding hydrogens is 316 g/mol. The Hall–Kier alpha value is -0.900. The van der Waals surface area contributed by atoms with Gasteiger partial charge in [-0.1, -0.05) is 19.3 Å². The molecule has 2 aliphatic rings. The number of halogens is 1. The van der Waals surface area contributed by atoms with Crippen molar-refractivity contribution in [3.63, 3.8) is 0 Å². The van der Waals surface area contributed by atoms with Gasteiger partial charge in [-0.3, -0.25) is 4.79 Å². The molecule has 0 atom stereocenters. The summed E-state index contributed by atoms with van der Waals surface area (Å²) in [5.74, 6) is 0.889. The van der Waals surface area contributed by atoms with Crippen LogP contribution in [0.2, 0.25) is 0 Å². The Kier molecular flexibility index (Phi) is 4.39. The van der Waals surface area contributed by atoms with E-state index in [0.29, 0.717) is 12.0 Å². The van der Waals surface area contributed by atoms with Crippen molar-refractivity contribution < 1.29 is 4.79 Å². The standard InChI is InChI=1S/C16H21BrN2O/c17-15-10-13(8-9-18-15)16(20)19(14-6-7-14)11-12-4-2-1-3-5-12/h8-10,12,14H,1-7,11H2. The van der Waals surface area contributed by atoms with Gasteiger partial charge in [0.25, 0.3) is 5.91 Å². The highest BCUT2D eigenvalue weighted by molar-refractivity contribution is 9.10. The van der Waals surface area contributed by atoms with Gasteiger partial charge in [0.2, 0.25) is 0 Å². The van der Waals surface area contributed by atoms with Crippen molar-refractivity contribution in [3.8, 4) is 0 Å². The first kappa shape index (κ1) is 14.1. The Bertz CT molecular complexity index is 481. The second-order valence-corrected chi connectivity index (χ2v) is 6.87. The number of nitrogens with zero attached hydrogens (tertiary/aromatic N) is 2. The Balaban J connectivity index is 1.71. The molecule has 1 aromatic rings. The molecule has 108 valence electrons. The first-order valence-electron chi connectivity index (χ1n) is 7.66. The molecule has 0 aliphatic heterocycles. The Morgan fingerprint density at radius 1 is 1.25 bits per heavy atom. The van der Waals surface area contributed by atoms with E-state index in [1.165, 1.54) is 44.9 Å². The number of rotatable bonds is 4. The minimum atomic E-state index is 0.182. The SMILES string of the molecule is O=C(c1ccnc(Br)c1)N(CC1CCCCC1)C1CC1. The summed E-state index contributed by atoms with van der Waals surface area (Å²) in [6.45, 7) is 0.948. The molecule has 3 rings (SSSR count). The van der Waals surface area contributed by atoms with E-state index in [9.17, 15) is 4.79 Å². The smallest absolute Gasteiger partial charge is 0.254 e. The van der Waals surface area contributed by atoms with Crippen molar-refractivity contribution in [2.45, 2.75) is 51.0 Å². The summed E-state index contributed by atoms with van der Waals surface area (Å²) in [5, 5.41) is 0. The average molecular weight is 337 g/mol. The van der Waals surface area contributed by atoms with Gasteiger partial charge in [-0.25, -0.2) is 4.98 Å². The van der Waals surface area contributed by atoms with Gasteiger partial charge in [-0.2, -0.15) is 0 Å². The minimum Gasteiger partial charge on any atom is -0.335 e. The first-order chi connectivity index (χ1) is 9.74. The summed E-state index contributed by atoms with van der Waals surface area (Å²) in [6, 6.07) is 4.14. The van der Waals surface area contributed by atoms with E-state index in [2.05, 4.69) is 25.8 Å². The van der Waals surface area contributed by atoms with Gasteiger partial charge in [0.1, 0.15) is 4.60 Å². The van der Waals surface area contributed by atoms with Crippen LogP contribution < -0.4 is 0 Å². The average Bonchev–Trinajstić information content (AvgIpc) is 3.30. The van der Waals surface area contributed by atoms with E-state index >= 15 is 0 Å². The molecule has 0 bridgehead atoms. The van der Waals surface area contributed by atoms with Gasteiger partial charge < -0.3 is 4.90 Å². The van der Waals surface area contributed by atoms with Crippen LogP contribution in [0.5, 0.6) is 0 Å². The first-order valence-corrected chi connectivity index (χ1v) is 8.46. The normalized spacial score (nSPS) is 19.9. The topological polar surface area (TPSA) is 33.2 Å². The number of hydrogen-bond donors (Lipinski definition) is 0. The highest BCUT2D eigenvalue weighted by atomic mass is 79.9. The summed E-state index contributed by atoms with van der Waals surface area (Å²) < 4.78 is 0.733. The van der Waals surface area contributed by atoms with Crippen LogP contribution in [0.1, 0.15) is 55.3 Å². The van der Waals surface area contributed by atoms with E-state index in [1.807, 2.05) is 12.1 Å². The Morgan fingerprint density at radius 2 is 2.00 bits per heavy atom. The zero-order valence-corrected chi connectivity index (χ0v) is 13.3. The molecule has 1 amide bonds. The van der Waals surface area contributed by atoms with Crippen molar-refractivity contribution in [3.05, 3.63) is 28.5 Å². The fourth-order valence-corrected chi connectivity index (χ4v) is 3.50. The predicted molar refractivity (Wildman–Crippen MR) is 82.6 cm³/mol. The molecule has 0 saturated heterocycles. The second-order valence-electron chi connectivity index (χ2n) is 6.06. The number of carbonyl (C=O) groups excluding carboxylic acids is 1. The molecule has 4 heteroatoms. The van der Waals surface area contributed by atoms with Gasteiger partial charge in [0, 0.05) is 24.3 Å². The van der Waals surface area contributed by atoms with Crippen LogP contribution in [0, 0.1) is 5.92 Å². The van der Waals surface area contributed by atoms with Crippen molar-refractivity contribution >= 4 is 21.8 Å². The largest absolute Gasteiger partial charge is 0.335 e. The molecule has 3 nitrogen and oxygen atoms in total. The maximum Gasteiger partial charge on any atom is 0.254 e. The summed E-state index contributed by atoms with van der Waals surface area (Å²) in [7, 11) is 0. The van der Waals surface area contributed by atoms with Crippen LogP contribution >= 0.6 is 15.9 Å². The lowest BCUT2D eigenvalue weighted by molar-refractivity contribution is 0.0698. The maximum absolute atomic E-state index is 12.7. The second kappa shape index (κ2) is 6.25. The summed E-state index contributed by atoms with van der Waals surface area (Å²) in [4.78, 5) is 19.0. The molecule has 2 aliphatic carbocycles. The molecule has 0 aromatic carbocycles. The van der Waals surface area contributed by atoms with E-state index in [0.717, 1.165) is 16.7 Å². The lowest BCUT2D eigenvalue weighted by Gasteiger charge is -2.30. The number of hydrogen-bond acceptors (Lipinski definition) is 2. The fourth-order valence-electron chi connectivity index (χ4n) is 3.13. The number of pyridine rings is 1. The van der Waals surface area contributed by atoms with Gasteiger partial charge in [0.05, 0.1) is 0 Å². The highest BCUT2D eigenvalue weighted by Gasteiger charge is 2.34. The molecule has 2 saturated carbocycles. The molecule has 1 aromatic heterocycles. The van der Waals surface area contributed by atoms with Crippen LogP contribution in [-0.2, 0) is 0 Å². The third-order valence-electron chi connectivity index (χ3n) is 4.40. The third-order valence-corrected chi connectivity index (χ3v) is 4.84. The number of amides is 1. The maximum atomic E-state index is 12.7. The van der Waals surface area contributed by atoms with E-state index in [-0.39, 0.29) is 5.91 Å². The van der Waals surface area contributed by atoms with Gasteiger partial charge in [-0.05, 0) is 59.7 Å². The zero-order valence-electron chi connectivity index (χ0n) is 11.7. The molecule has 2 fully saturated rings. The van der Waals surface area contributed by atoms with E-state index in [1.54, 1.807) is 6.20 Å².